The number of phenolic OH excluding ortho intramolecular Hbond substituents is 2. The summed E-state index contributed by atoms with van der Waals surface area (Å²) >= 11 is 24.2. The molecule has 0 radical (unpaired) electrons. The summed E-state index contributed by atoms with van der Waals surface area (Å²) in [5.74, 6) is -1.48. The monoisotopic (exact) mass is 492 g/mol. The topological polar surface area (TPSA) is 94.8 Å². The molecule has 0 fully saturated rings. The van der Waals surface area contributed by atoms with Crippen molar-refractivity contribution in [3.05, 3.63) is 91.4 Å². The molecular formula is C19H12Cl4O5S. The highest BCUT2D eigenvalue weighted by Gasteiger charge is 2.51. The Kier molecular flexibility index (Phi) is 5.98. The Bertz CT molecular complexity index is 1200. The summed E-state index contributed by atoms with van der Waals surface area (Å²) in [5, 5.41) is 21.0. The number of rotatable bonds is 4. The van der Waals surface area contributed by atoms with Gasteiger partial charge in [-0.05, 0) is 35.9 Å². The number of hydrogen-bond acceptors (Lipinski definition) is 4. The summed E-state index contributed by atoms with van der Waals surface area (Å²) in [6, 6.07) is 11.6. The zero-order valence-electron chi connectivity index (χ0n) is 14.3. The number of hydrogen-bond donors (Lipinski definition) is 3. The van der Waals surface area contributed by atoms with Gasteiger partial charge in [-0.15, -0.1) is 0 Å². The van der Waals surface area contributed by atoms with Crippen LogP contribution in [-0.4, -0.2) is 23.2 Å². The fraction of sp³-hybridized carbons (Fsp3) is 0.0526. The van der Waals surface area contributed by atoms with Crippen LogP contribution in [0.5, 0.6) is 11.5 Å². The Labute approximate surface area is 186 Å². The molecule has 0 aromatic heterocycles. The average molecular weight is 494 g/mol. The van der Waals surface area contributed by atoms with E-state index in [2.05, 4.69) is 0 Å². The van der Waals surface area contributed by atoms with Gasteiger partial charge in [0.1, 0.15) is 0 Å². The fourth-order valence-corrected chi connectivity index (χ4v) is 5.46. The van der Waals surface area contributed by atoms with Crippen molar-refractivity contribution in [1.82, 2.24) is 0 Å². The smallest absolute Gasteiger partial charge is 0.283 e. The van der Waals surface area contributed by atoms with Gasteiger partial charge in [0.25, 0.3) is 10.1 Å². The van der Waals surface area contributed by atoms with E-state index in [0.717, 1.165) is 12.1 Å². The molecular weight excluding hydrogens is 482 g/mol. The van der Waals surface area contributed by atoms with Crippen molar-refractivity contribution in [2.45, 2.75) is 4.75 Å². The van der Waals surface area contributed by atoms with Crippen LogP contribution in [-0.2, 0) is 14.9 Å². The van der Waals surface area contributed by atoms with Gasteiger partial charge in [0.2, 0.25) is 0 Å². The number of halogens is 4. The lowest BCUT2D eigenvalue weighted by Gasteiger charge is -2.34. The maximum atomic E-state index is 12.9. The van der Waals surface area contributed by atoms with Crippen molar-refractivity contribution < 1.29 is 23.2 Å². The van der Waals surface area contributed by atoms with Gasteiger partial charge in [0, 0.05) is 37.3 Å². The second-order valence-corrected chi connectivity index (χ2v) is 9.39. The maximum Gasteiger partial charge on any atom is 0.283 e. The predicted octanol–water partition coefficient (Wildman–Crippen LogP) is 5.89. The largest absolute Gasteiger partial charge is 0.504 e. The lowest BCUT2D eigenvalue weighted by Crippen LogP contribution is -2.38. The molecule has 0 saturated carbocycles. The van der Waals surface area contributed by atoms with E-state index in [1.807, 2.05) is 0 Å². The summed E-state index contributed by atoms with van der Waals surface area (Å²) in [7, 11) is -5.09. The van der Waals surface area contributed by atoms with Gasteiger partial charge in [-0.3, -0.25) is 4.55 Å². The van der Waals surface area contributed by atoms with Crippen LogP contribution < -0.4 is 0 Å². The van der Waals surface area contributed by atoms with Crippen LogP contribution in [0.15, 0.2) is 54.6 Å². The minimum absolute atomic E-state index is 0.00871. The van der Waals surface area contributed by atoms with Crippen molar-refractivity contribution in [3.8, 4) is 11.5 Å². The van der Waals surface area contributed by atoms with Gasteiger partial charge in [-0.1, -0.05) is 64.6 Å². The van der Waals surface area contributed by atoms with Crippen LogP contribution in [0, 0.1) is 0 Å². The zero-order chi connectivity index (χ0) is 21.6. The molecule has 3 N–H and O–H groups in total. The highest BCUT2D eigenvalue weighted by Crippen LogP contribution is 2.52. The van der Waals surface area contributed by atoms with Crippen LogP contribution in [0.4, 0.5) is 0 Å². The van der Waals surface area contributed by atoms with Crippen LogP contribution in [0.2, 0.25) is 20.1 Å². The molecule has 0 aliphatic heterocycles. The molecule has 152 valence electrons. The van der Waals surface area contributed by atoms with E-state index in [4.69, 9.17) is 46.4 Å². The summed E-state index contributed by atoms with van der Waals surface area (Å²) in [6.45, 7) is 0. The first-order valence-electron chi connectivity index (χ1n) is 7.89. The first-order chi connectivity index (χ1) is 13.5. The molecule has 0 aliphatic carbocycles. The molecule has 0 saturated heterocycles. The quantitative estimate of drug-likeness (QED) is 0.239. The molecule has 29 heavy (non-hydrogen) atoms. The van der Waals surface area contributed by atoms with Crippen LogP contribution >= 0.6 is 46.4 Å². The Morgan fingerprint density at radius 1 is 0.724 bits per heavy atom. The summed E-state index contributed by atoms with van der Waals surface area (Å²) in [6.07, 6.45) is 0. The molecule has 10 heteroatoms. The molecule has 0 bridgehead atoms. The molecule has 1 atom stereocenters. The lowest BCUT2D eigenvalue weighted by atomic mass is 9.83. The third-order valence-corrected chi connectivity index (χ3v) is 6.85. The molecule has 0 heterocycles. The second kappa shape index (κ2) is 7.87. The van der Waals surface area contributed by atoms with E-state index >= 15 is 0 Å². The molecule has 0 aliphatic rings. The Hall–Kier alpha value is -1.67. The molecule has 5 nitrogen and oxygen atoms in total. The first-order valence-corrected chi connectivity index (χ1v) is 10.8. The predicted molar refractivity (Wildman–Crippen MR) is 114 cm³/mol. The molecule has 0 amide bonds. The van der Waals surface area contributed by atoms with Crippen LogP contribution in [0.1, 0.15) is 16.7 Å². The lowest BCUT2D eigenvalue weighted by molar-refractivity contribution is 0.394. The van der Waals surface area contributed by atoms with Gasteiger partial charge < -0.3 is 10.2 Å². The van der Waals surface area contributed by atoms with E-state index < -0.39 is 31.9 Å². The van der Waals surface area contributed by atoms with Crippen LogP contribution in [0.25, 0.3) is 0 Å². The van der Waals surface area contributed by atoms with E-state index in [1.54, 1.807) is 0 Å². The minimum Gasteiger partial charge on any atom is -0.504 e. The Morgan fingerprint density at radius 2 is 1.31 bits per heavy atom. The fourth-order valence-electron chi connectivity index (χ4n) is 3.20. The summed E-state index contributed by atoms with van der Waals surface area (Å²) in [4.78, 5) is 0. The minimum atomic E-state index is -5.09. The number of phenols is 2. The number of benzene rings is 3. The second-order valence-electron chi connectivity index (χ2n) is 6.11. The molecule has 3 rings (SSSR count). The third-order valence-electron chi connectivity index (χ3n) is 4.38. The molecule has 1 unspecified atom stereocenters. The van der Waals surface area contributed by atoms with E-state index in [0.29, 0.717) is 5.02 Å². The molecule has 0 spiro atoms. The van der Waals surface area contributed by atoms with E-state index in [1.165, 1.54) is 42.5 Å². The van der Waals surface area contributed by atoms with E-state index in [-0.39, 0.29) is 26.2 Å². The third kappa shape index (κ3) is 3.77. The average Bonchev–Trinajstić information content (AvgIpc) is 2.61. The van der Waals surface area contributed by atoms with Gasteiger partial charge in [0.05, 0.1) is 0 Å². The van der Waals surface area contributed by atoms with Crippen molar-refractivity contribution in [2.24, 2.45) is 0 Å². The maximum absolute atomic E-state index is 12.9. The summed E-state index contributed by atoms with van der Waals surface area (Å²) < 4.78 is 33.9. The highest BCUT2D eigenvalue weighted by atomic mass is 35.5. The summed E-state index contributed by atoms with van der Waals surface area (Å²) in [5.41, 5.74) is -0.535. The van der Waals surface area contributed by atoms with Crippen molar-refractivity contribution in [3.63, 3.8) is 0 Å². The zero-order valence-corrected chi connectivity index (χ0v) is 18.1. The standard InChI is InChI=1S/C19H12Cl4O5S/c20-11-3-1-10(2-4-11)19(29(26,27)28,14-6-5-12(21)8-16(14)23)15-7-13(22)9-17(24)18(15)25/h1-9,24-25H,(H,26,27,28). The van der Waals surface area contributed by atoms with E-state index in [9.17, 15) is 23.2 Å². The van der Waals surface area contributed by atoms with Gasteiger partial charge in [-0.25, -0.2) is 0 Å². The van der Waals surface area contributed by atoms with Crippen LogP contribution in [0.3, 0.4) is 0 Å². The van der Waals surface area contributed by atoms with Crippen molar-refractivity contribution >= 4 is 56.5 Å². The van der Waals surface area contributed by atoms with Crippen molar-refractivity contribution in [2.75, 3.05) is 0 Å². The highest BCUT2D eigenvalue weighted by molar-refractivity contribution is 7.87. The van der Waals surface area contributed by atoms with Crippen molar-refractivity contribution in [1.29, 1.82) is 0 Å². The van der Waals surface area contributed by atoms with Gasteiger partial charge >= 0.3 is 0 Å². The SMILES string of the molecule is O=S(=O)(O)C(c1ccc(Cl)cc1)(c1ccc(Cl)cc1Cl)c1cc(Cl)cc(O)c1O. The Balaban J connectivity index is 2.61. The van der Waals surface area contributed by atoms with Gasteiger partial charge in [-0.2, -0.15) is 8.42 Å². The molecule has 3 aromatic carbocycles. The first kappa shape index (κ1) is 22.0. The Morgan fingerprint density at radius 3 is 1.86 bits per heavy atom. The normalized spacial score (nSPS) is 13.8. The van der Waals surface area contributed by atoms with Gasteiger partial charge in [0.15, 0.2) is 16.2 Å². The molecule has 3 aromatic rings. The number of aromatic hydroxyl groups is 2.